The van der Waals surface area contributed by atoms with Crippen LogP contribution in [0.1, 0.15) is 36.3 Å². The number of fused-ring (bicyclic) bond motifs is 7. The van der Waals surface area contributed by atoms with Crippen LogP contribution >= 0.6 is 11.9 Å². The number of halogens is 1. The monoisotopic (exact) mass is 250 g/mol. The highest BCUT2D eigenvalue weighted by atomic mass is 35.5. The third-order valence-electron chi connectivity index (χ3n) is 4.81. The van der Waals surface area contributed by atoms with E-state index in [0.29, 0.717) is 17.8 Å². The summed E-state index contributed by atoms with van der Waals surface area (Å²) < 4.78 is 4.70. The molecule has 0 spiro atoms. The van der Waals surface area contributed by atoms with Crippen LogP contribution in [0.5, 0.6) is 5.88 Å². The van der Waals surface area contributed by atoms with Gasteiger partial charge in [0, 0.05) is 30.3 Å². The van der Waals surface area contributed by atoms with Crippen LogP contribution in [-0.4, -0.2) is 17.1 Å². The summed E-state index contributed by atoms with van der Waals surface area (Å²) in [6, 6.07) is 3.43. The minimum absolute atomic E-state index is 0.528. The van der Waals surface area contributed by atoms with E-state index >= 15 is 0 Å². The number of aromatic nitrogens is 1. The molecule has 2 fully saturated rings. The van der Waals surface area contributed by atoms with E-state index in [0.717, 1.165) is 18.4 Å². The van der Waals surface area contributed by atoms with Gasteiger partial charge in [0.1, 0.15) is 11.9 Å². The molecule has 1 aromatic rings. The van der Waals surface area contributed by atoms with E-state index in [1.165, 1.54) is 30.4 Å². The van der Waals surface area contributed by atoms with Crippen LogP contribution in [0.15, 0.2) is 12.3 Å². The average molecular weight is 251 g/mol. The zero-order chi connectivity index (χ0) is 11.4. The second-order valence-corrected chi connectivity index (χ2v) is 5.64. The molecular formula is C13H15ClN2O. The number of pyridine rings is 1. The summed E-state index contributed by atoms with van der Waals surface area (Å²) in [5, 5.41) is 3.75. The van der Waals surface area contributed by atoms with Gasteiger partial charge in [0.25, 0.3) is 0 Å². The molecule has 4 atom stereocenters. The second-order valence-electron chi connectivity index (χ2n) is 5.48. The fourth-order valence-corrected chi connectivity index (χ4v) is 4.25. The Bertz CT molecular complexity index is 465. The fourth-order valence-electron chi connectivity index (χ4n) is 4.17. The molecule has 0 amide bonds. The molecule has 17 heavy (non-hydrogen) atoms. The lowest BCUT2D eigenvalue weighted by Crippen LogP contribution is -2.30. The van der Waals surface area contributed by atoms with Gasteiger partial charge < -0.3 is 9.61 Å². The summed E-state index contributed by atoms with van der Waals surface area (Å²) in [7, 11) is 0. The topological polar surface area (TPSA) is 34.1 Å². The smallest absolute Gasteiger partial charge is 0.237 e. The zero-order valence-corrected chi connectivity index (χ0v) is 10.3. The molecule has 4 unspecified atom stereocenters. The first-order valence-corrected chi connectivity index (χ1v) is 6.71. The van der Waals surface area contributed by atoms with Crippen LogP contribution in [0.4, 0.5) is 0 Å². The van der Waals surface area contributed by atoms with Crippen LogP contribution in [0.3, 0.4) is 0 Å². The summed E-state index contributed by atoms with van der Waals surface area (Å²) in [6.45, 7) is 0. The summed E-state index contributed by atoms with van der Waals surface area (Å²) in [5.41, 5.74) is 2.81. The Hall–Kier alpha value is -0.800. The van der Waals surface area contributed by atoms with Crippen LogP contribution in [-0.2, 0) is 6.42 Å². The first kappa shape index (κ1) is 10.2. The third-order valence-corrected chi connectivity index (χ3v) is 4.97. The molecule has 90 valence electrons. The van der Waals surface area contributed by atoms with Crippen molar-refractivity contribution >= 4 is 11.9 Å². The van der Waals surface area contributed by atoms with Gasteiger partial charge in [-0.05, 0) is 42.7 Å². The van der Waals surface area contributed by atoms with Gasteiger partial charge in [-0.1, -0.05) is 0 Å². The standard InChI is InChI=1S/C13H15ClN2O/c14-17-12-5-7-1-2-8-10-3-4-11(16-10)13(8)9(7)6-15-12/h5-6,8,10-11,13,16H,1-4H2. The van der Waals surface area contributed by atoms with Crippen molar-refractivity contribution in [1.29, 1.82) is 0 Å². The minimum Gasteiger partial charge on any atom is -0.365 e. The molecule has 1 N–H and O–H groups in total. The normalized spacial score (nSPS) is 37.7. The summed E-state index contributed by atoms with van der Waals surface area (Å²) in [5.74, 6) is 2.03. The van der Waals surface area contributed by atoms with Gasteiger partial charge >= 0.3 is 0 Å². The zero-order valence-electron chi connectivity index (χ0n) is 9.53. The average Bonchev–Trinajstić information content (AvgIpc) is 2.99. The predicted molar refractivity (Wildman–Crippen MR) is 65.2 cm³/mol. The van der Waals surface area contributed by atoms with Crippen LogP contribution < -0.4 is 9.61 Å². The van der Waals surface area contributed by atoms with Gasteiger partial charge in [0.15, 0.2) is 0 Å². The van der Waals surface area contributed by atoms with Crippen molar-refractivity contribution in [3.63, 3.8) is 0 Å². The number of nitrogens with zero attached hydrogens (tertiary/aromatic N) is 1. The first-order valence-electron chi connectivity index (χ1n) is 6.40. The molecule has 1 aliphatic carbocycles. The maximum atomic E-state index is 5.37. The highest BCUT2D eigenvalue weighted by Crippen LogP contribution is 2.50. The quantitative estimate of drug-likeness (QED) is 0.831. The Morgan fingerprint density at radius 3 is 3.06 bits per heavy atom. The van der Waals surface area contributed by atoms with Gasteiger partial charge in [-0.3, -0.25) is 0 Å². The Kier molecular flexibility index (Phi) is 2.15. The van der Waals surface area contributed by atoms with E-state index in [1.807, 2.05) is 12.3 Å². The van der Waals surface area contributed by atoms with Crippen molar-refractivity contribution in [3.8, 4) is 5.88 Å². The van der Waals surface area contributed by atoms with Crippen LogP contribution in [0.2, 0.25) is 0 Å². The van der Waals surface area contributed by atoms with E-state index in [-0.39, 0.29) is 0 Å². The molecule has 0 saturated carbocycles. The highest BCUT2D eigenvalue weighted by Gasteiger charge is 2.49. The number of hydrogen-bond donors (Lipinski definition) is 1. The second kappa shape index (κ2) is 3.59. The molecule has 1 aromatic heterocycles. The molecule has 3 nitrogen and oxygen atoms in total. The first-order chi connectivity index (χ1) is 8.36. The van der Waals surface area contributed by atoms with Crippen LogP contribution in [0, 0.1) is 5.92 Å². The maximum absolute atomic E-state index is 5.37. The van der Waals surface area contributed by atoms with E-state index in [4.69, 9.17) is 16.2 Å². The number of rotatable bonds is 1. The molecular weight excluding hydrogens is 236 g/mol. The van der Waals surface area contributed by atoms with Crippen molar-refractivity contribution < 1.29 is 4.29 Å². The Balaban J connectivity index is 1.77. The van der Waals surface area contributed by atoms with Gasteiger partial charge in [-0.15, -0.1) is 0 Å². The van der Waals surface area contributed by atoms with Crippen molar-refractivity contribution in [2.24, 2.45) is 5.92 Å². The lowest BCUT2D eigenvalue weighted by Gasteiger charge is -2.35. The Morgan fingerprint density at radius 2 is 2.18 bits per heavy atom. The van der Waals surface area contributed by atoms with Gasteiger partial charge in [-0.25, -0.2) is 4.98 Å². The summed E-state index contributed by atoms with van der Waals surface area (Å²) >= 11 is 5.37. The molecule has 2 saturated heterocycles. The third kappa shape index (κ3) is 1.36. The fraction of sp³-hybridized carbons (Fsp3) is 0.615. The highest BCUT2D eigenvalue weighted by molar-refractivity contribution is 6.08. The predicted octanol–water partition coefficient (Wildman–Crippen LogP) is 2.39. The lowest BCUT2D eigenvalue weighted by molar-refractivity contribution is 0.319. The molecule has 2 aliphatic heterocycles. The van der Waals surface area contributed by atoms with Crippen molar-refractivity contribution in [2.75, 3.05) is 0 Å². The SMILES string of the molecule is ClOc1cc2c(cn1)C1C3CCC(N3)C1CC2. The van der Waals surface area contributed by atoms with Crippen molar-refractivity contribution in [1.82, 2.24) is 10.3 Å². The number of aryl methyl sites for hydroxylation is 1. The van der Waals surface area contributed by atoms with Gasteiger partial charge in [0.2, 0.25) is 5.88 Å². The molecule has 3 aliphatic rings. The number of hydrogen-bond acceptors (Lipinski definition) is 3. The minimum atomic E-state index is 0.528. The molecule has 2 bridgehead atoms. The van der Waals surface area contributed by atoms with E-state index in [1.54, 1.807) is 0 Å². The molecule has 3 heterocycles. The summed E-state index contributed by atoms with van der Waals surface area (Å²) in [6.07, 6.45) is 7.08. The molecule has 4 rings (SSSR count). The Labute approximate surface area is 106 Å². The molecule has 0 aromatic carbocycles. The van der Waals surface area contributed by atoms with E-state index in [2.05, 4.69) is 10.3 Å². The molecule has 0 radical (unpaired) electrons. The van der Waals surface area contributed by atoms with Crippen molar-refractivity contribution in [3.05, 3.63) is 23.4 Å². The van der Waals surface area contributed by atoms with Crippen molar-refractivity contribution in [2.45, 2.75) is 43.7 Å². The van der Waals surface area contributed by atoms with E-state index < -0.39 is 0 Å². The lowest BCUT2D eigenvalue weighted by atomic mass is 9.69. The van der Waals surface area contributed by atoms with Gasteiger partial charge in [-0.2, -0.15) is 0 Å². The largest absolute Gasteiger partial charge is 0.365 e. The van der Waals surface area contributed by atoms with E-state index in [9.17, 15) is 0 Å². The maximum Gasteiger partial charge on any atom is 0.237 e. The Morgan fingerprint density at radius 1 is 1.29 bits per heavy atom. The van der Waals surface area contributed by atoms with Crippen LogP contribution in [0.25, 0.3) is 0 Å². The summed E-state index contributed by atoms with van der Waals surface area (Å²) in [4.78, 5) is 4.27. The number of nitrogens with one attached hydrogen (secondary N) is 1. The molecule has 4 heteroatoms. The van der Waals surface area contributed by atoms with Gasteiger partial charge in [0.05, 0.1) is 0 Å².